The predicted octanol–water partition coefficient (Wildman–Crippen LogP) is 0.536. The van der Waals surface area contributed by atoms with Crippen LogP contribution in [0.15, 0.2) is 22.8 Å². The average molecular weight is 209 g/mol. The van der Waals surface area contributed by atoms with Crippen LogP contribution in [0.5, 0.6) is 0 Å². The molecule has 0 radical (unpaired) electrons. The number of ether oxygens (including phenoxy) is 2. The minimum absolute atomic E-state index is 0.0100. The monoisotopic (exact) mass is 209 g/mol. The third kappa shape index (κ3) is 1.40. The van der Waals surface area contributed by atoms with Crippen LogP contribution in [0.3, 0.4) is 0 Å². The largest absolute Gasteiger partial charge is 0.469 e. The van der Waals surface area contributed by atoms with Crippen LogP contribution in [-0.4, -0.2) is 39.0 Å². The van der Waals surface area contributed by atoms with Crippen molar-refractivity contribution in [2.24, 2.45) is 0 Å². The normalized spacial score (nSPS) is 29.7. The van der Waals surface area contributed by atoms with Crippen LogP contribution in [0.1, 0.15) is 5.76 Å². The highest BCUT2D eigenvalue weighted by Crippen LogP contribution is 2.36. The van der Waals surface area contributed by atoms with E-state index in [9.17, 15) is 0 Å². The molecule has 82 valence electrons. The maximum Gasteiger partial charge on any atom is 0.116 e. The molecule has 2 aliphatic heterocycles. The molecular weight excluding hydrogens is 194 g/mol. The van der Waals surface area contributed by atoms with E-state index in [1.165, 1.54) is 0 Å². The molecule has 3 heterocycles. The molecular formula is C11H15NO3. The Morgan fingerprint density at radius 2 is 2.27 bits per heavy atom. The molecule has 4 nitrogen and oxygen atoms in total. The molecule has 2 aliphatic rings. The average Bonchev–Trinajstić information content (AvgIpc) is 2.72. The first kappa shape index (κ1) is 9.39. The highest BCUT2D eigenvalue weighted by Gasteiger charge is 2.50. The van der Waals surface area contributed by atoms with Gasteiger partial charge in [0.05, 0.1) is 38.1 Å². The molecule has 4 heteroatoms. The maximum absolute atomic E-state index is 5.52. The zero-order valence-corrected chi connectivity index (χ0v) is 8.57. The summed E-state index contributed by atoms with van der Waals surface area (Å²) in [4.78, 5) is 0. The Hall–Kier alpha value is -0.840. The van der Waals surface area contributed by atoms with E-state index >= 15 is 0 Å². The minimum atomic E-state index is -0.0100. The van der Waals surface area contributed by atoms with Crippen LogP contribution in [-0.2, 0) is 14.9 Å². The zero-order valence-electron chi connectivity index (χ0n) is 8.57. The Morgan fingerprint density at radius 1 is 1.33 bits per heavy atom. The number of rotatable bonds is 2. The standard InChI is InChI=1S/C11H15NO3/c1-2-10(15-4-1)11(7-14-8-11)9-6-13-5-3-12-9/h1-2,4,9,12H,3,5-8H2. The zero-order chi connectivity index (χ0) is 10.1. The minimum Gasteiger partial charge on any atom is -0.469 e. The van der Waals surface area contributed by atoms with Crippen LogP contribution in [0.4, 0.5) is 0 Å². The molecule has 2 saturated heterocycles. The van der Waals surface area contributed by atoms with Gasteiger partial charge in [-0.05, 0) is 12.1 Å². The number of morpholine rings is 1. The lowest BCUT2D eigenvalue weighted by Crippen LogP contribution is -2.63. The molecule has 3 rings (SSSR count). The highest BCUT2D eigenvalue weighted by atomic mass is 16.5. The van der Waals surface area contributed by atoms with Crippen molar-refractivity contribution in [3.8, 4) is 0 Å². The summed E-state index contributed by atoms with van der Waals surface area (Å²) in [5.74, 6) is 1.01. The second-order valence-electron chi connectivity index (χ2n) is 4.21. The lowest BCUT2D eigenvalue weighted by Gasteiger charge is -2.47. The summed E-state index contributed by atoms with van der Waals surface area (Å²) in [6, 6.07) is 4.27. The fourth-order valence-corrected chi connectivity index (χ4v) is 2.32. The number of hydrogen-bond acceptors (Lipinski definition) is 4. The molecule has 0 spiro atoms. The number of furan rings is 1. The van der Waals surface area contributed by atoms with Gasteiger partial charge in [-0.25, -0.2) is 0 Å². The molecule has 1 aromatic rings. The van der Waals surface area contributed by atoms with Gasteiger partial charge in [0.2, 0.25) is 0 Å². The summed E-state index contributed by atoms with van der Waals surface area (Å²) >= 11 is 0. The molecule has 0 amide bonds. The van der Waals surface area contributed by atoms with Crippen molar-refractivity contribution in [2.45, 2.75) is 11.5 Å². The van der Waals surface area contributed by atoms with Crippen molar-refractivity contribution in [2.75, 3.05) is 33.0 Å². The Balaban J connectivity index is 1.85. The first-order chi connectivity index (χ1) is 7.42. The molecule has 15 heavy (non-hydrogen) atoms. The first-order valence-corrected chi connectivity index (χ1v) is 5.35. The van der Waals surface area contributed by atoms with E-state index in [-0.39, 0.29) is 5.41 Å². The number of hydrogen-bond donors (Lipinski definition) is 1. The van der Waals surface area contributed by atoms with Crippen LogP contribution < -0.4 is 5.32 Å². The third-order valence-corrected chi connectivity index (χ3v) is 3.32. The van der Waals surface area contributed by atoms with E-state index in [4.69, 9.17) is 13.9 Å². The second kappa shape index (κ2) is 3.63. The van der Waals surface area contributed by atoms with Crippen LogP contribution in [0, 0.1) is 0 Å². The topological polar surface area (TPSA) is 43.6 Å². The molecule has 1 aromatic heterocycles. The van der Waals surface area contributed by atoms with E-state index < -0.39 is 0 Å². The first-order valence-electron chi connectivity index (χ1n) is 5.35. The van der Waals surface area contributed by atoms with Crippen molar-refractivity contribution < 1.29 is 13.9 Å². The molecule has 0 bridgehead atoms. The van der Waals surface area contributed by atoms with Crippen LogP contribution in [0.25, 0.3) is 0 Å². The van der Waals surface area contributed by atoms with E-state index in [0.717, 1.165) is 38.7 Å². The Labute approximate surface area is 88.5 Å². The van der Waals surface area contributed by atoms with Gasteiger partial charge in [0.1, 0.15) is 5.76 Å². The van der Waals surface area contributed by atoms with Gasteiger partial charge in [0.25, 0.3) is 0 Å². The van der Waals surface area contributed by atoms with E-state index in [1.54, 1.807) is 6.26 Å². The molecule has 2 fully saturated rings. The fourth-order valence-electron chi connectivity index (χ4n) is 2.32. The molecule has 0 aliphatic carbocycles. The van der Waals surface area contributed by atoms with Crippen molar-refractivity contribution in [3.05, 3.63) is 24.2 Å². The van der Waals surface area contributed by atoms with Gasteiger partial charge in [0.15, 0.2) is 0 Å². The third-order valence-electron chi connectivity index (χ3n) is 3.32. The summed E-state index contributed by atoms with van der Waals surface area (Å²) in [7, 11) is 0. The lowest BCUT2D eigenvalue weighted by molar-refractivity contribution is -0.109. The summed E-state index contributed by atoms with van der Waals surface area (Å²) in [6.07, 6.45) is 1.72. The van der Waals surface area contributed by atoms with Gasteiger partial charge in [-0.2, -0.15) is 0 Å². The van der Waals surface area contributed by atoms with Gasteiger partial charge in [-0.3, -0.25) is 0 Å². The van der Waals surface area contributed by atoms with Gasteiger partial charge in [-0.15, -0.1) is 0 Å². The van der Waals surface area contributed by atoms with Gasteiger partial charge >= 0.3 is 0 Å². The van der Waals surface area contributed by atoms with Crippen molar-refractivity contribution in [3.63, 3.8) is 0 Å². The van der Waals surface area contributed by atoms with E-state index in [2.05, 4.69) is 5.32 Å². The highest BCUT2D eigenvalue weighted by molar-refractivity contribution is 5.22. The molecule has 1 atom stereocenters. The molecule has 0 aromatic carbocycles. The lowest BCUT2D eigenvalue weighted by atomic mass is 9.76. The smallest absolute Gasteiger partial charge is 0.116 e. The van der Waals surface area contributed by atoms with Crippen molar-refractivity contribution >= 4 is 0 Å². The van der Waals surface area contributed by atoms with Gasteiger partial charge in [-0.1, -0.05) is 0 Å². The van der Waals surface area contributed by atoms with E-state index in [0.29, 0.717) is 6.04 Å². The van der Waals surface area contributed by atoms with Crippen molar-refractivity contribution in [1.29, 1.82) is 0 Å². The Morgan fingerprint density at radius 3 is 2.80 bits per heavy atom. The number of nitrogens with one attached hydrogen (secondary N) is 1. The van der Waals surface area contributed by atoms with Gasteiger partial charge < -0.3 is 19.2 Å². The molecule has 1 unspecified atom stereocenters. The van der Waals surface area contributed by atoms with Crippen molar-refractivity contribution in [1.82, 2.24) is 5.32 Å². The van der Waals surface area contributed by atoms with Crippen LogP contribution in [0.2, 0.25) is 0 Å². The quantitative estimate of drug-likeness (QED) is 0.772. The second-order valence-corrected chi connectivity index (χ2v) is 4.21. The molecule has 1 N–H and O–H groups in total. The van der Waals surface area contributed by atoms with Crippen LogP contribution >= 0.6 is 0 Å². The Bertz CT molecular complexity index is 313. The van der Waals surface area contributed by atoms with E-state index in [1.807, 2.05) is 12.1 Å². The summed E-state index contributed by atoms with van der Waals surface area (Å²) < 4.78 is 16.4. The summed E-state index contributed by atoms with van der Waals surface area (Å²) in [5.41, 5.74) is -0.0100. The van der Waals surface area contributed by atoms with Gasteiger partial charge in [0, 0.05) is 12.6 Å². The Kier molecular flexibility index (Phi) is 2.27. The summed E-state index contributed by atoms with van der Waals surface area (Å²) in [6.45, 7) is 3.89. The fraction of sp³-hybridized carbons (Fsp3) is 0.636. The SMILES string of the molecule is c1coc(C2(C3COCCN3)COC2)c1. The molecule has 0 saturated carbocycles. The maximum atomic E-state index is 5.52. The predicted molar refractivity (Wildman–Crippen MR) is 53.8 cm³/mol. The summed E-state index contributed by atoms with van der Waals surface area (Å²) in [5, 5.41) is 3.49.